The molecule has 1 aromatic rings. The number of methoxy groups -OCH3 is 1. The highest BCUT2D eigenvalue weighted by Crippen LogP contribution is 2.29. The van der Waals surface area contributed by atoms with E-state index >= 15 is 0 Å². The summed E-state index contributed by atoms with van der Waals surface area (Å²) in [5.74, 6) is 0.0670. The van der Waals surface area contributed by atoms with Crippen molar-refractivity contribution in [2.45, 2.75) is 57.4 Å². The summed E-state index contributed by atoms with van der Waals surface area (Å²) in [6, 6.07) is 3.23. The van der Waals surface area contributed by atoms with Crippen LogP contribution >= 0.6 is 11.6 Å². The third kappa shape index (κ3) is 9.22. The molecule has 0 atom stereocenters. The van der Waals surface area contributed by atoms with Gasteiger partial charge in [-0.2, -0.15) is 8.42 Å². The predicted octanol–water partition coefficient (Wildman–Crippen LogP) is 3.35. The zero-order valence-electron chi connectivity index (χ0n) is 18.1. The summed E-state index contributed by atoms with van der Waals surface area (Å²) < 4.78 is 35.3. The lowest BCUT2D eigenvalue weighted by molar-refractivity contribution is 0.0907. The molecule has 1 aliphatic rings. The molecule has 1 amide bonds. The molecular weight excluding hydrogens is 442 g/mol. The number of benzene rings is 1. The van der Waals surface area contributed by atoms with Crippen LogP contribution in [0.1, 0.15) is 61.7 Å². The van der Waals surface area contributed by atoms with Gasteiger partial charge in [-0.1, -0.05) is 37.3 Å². The number of hydrogen-bond donors (Lipinski definition) is 3. The van der Waals surface area contributed by atoms with Gasteiger partial charge in [-0.15, -0.1) is 0 Å². The van der Waals surface area contributed by atoms with Crippen LogP contribution in [-0.4, -0.2) is 62.3 Å². The summed E-state index contributed by atoms with van der Waals surface area (Å²) in [5.41, 5.74) is 6.55. The number of rotatable bonds is 12. The van der Waals surface area contributed by atoms with Gasteiger partial charge in [-0.3, -0.25) is 9.35 Å². The van der Waals surface area contributed by atoms with E-state index in [4.69, 9.17) is 26.6 Å². The number of unbranched alkanes of at least 4 members (excludes halogenated alkanes) is 5. The van der Waals surface area contributed by atoms with E-state index in [2.05, 4.69) is 10.2 Å². The van der Waals surface area contributed by atoms with E-state index in [1.165, 1.54) is 7.11 Å². The molecule has 0 saturated carbocycles. The van der Waals surface area contributed by atoms with Crippen molar-refractivity contribution in [3.8, 4) is 5.75 Å². The number of amides is 1. The maximum Gasteiger partial charge on any atom is 0.264 e. The van der Waals surface area contributed by atoms with E-state index in [0.717, 1.165) is 64.6 Å². The lowest BCUT2D eigenvalue weighted by Gasteiger charge is -2.32. The molecule has 1 aliphatic heterocycles. The Labute approximate surface area is 190 Å². The first-order valence-electron chi connectivity index (χ1n) is 10.8. The summed E-state index contributed by atoms with van der Waals surface area (Å²) in [5, 5.41) is 3.41. The number of likely N-dealkylation sites (tertiary alicyclic amines) is 1. The van der Waals surface area contributed by atoms with Gasteiger partial charge in [-0.05, 0) is 38.3 Å². The van der Waals surface area contributed by atoms with Crippen LogP contribution in [0.2, 0.25) is 5.02 Å². The maximum atomic E-state index is 12.7. The van der Waals surface area contributed by atoms with Crippen LogP contribution in [0.3, 0.4) is 0 Å². The van der Waals surface area contributed by atoms with Crippen molar-refractivity contribution in [2.75, 3.05) is 38.2 Å². The number of halogens is 1. The fourth-order valence-corrected chi connectivity index (χ4v) is 4.54. The molecule has 1 saturated heterocycles. The molecule has 10 heteroatoms. The smallest absolute Gasteiger partial charge is 0.264 e. The zero-order chi connectivity index (χ0) is 22.9. The fraction of sp³-hybridized carbons (Fsp3) is 0.667. The highest BCUT2D eigenvalue weighted by atomic mass is 35.5. The van der Waals surface area contributed by atoms with Gasteiger partial charge in [0.2, 0.25) is 0 Å². The molecule has 0 spiro atoms. The number of nitrogens with zero attached hydrogens (tertiary/aromatic N) is 1. The van der Waals surface area contributed by atoms with Gasteiger partial charge in [0.1, 0.15) is 5.75 Å². The standard InChI is InChI=1S/C21H34ClN3O5S/c1-30-20-15-19(23)18(22)14-17(20)21(26)24-16-8-11-25(12-9-16)10-6-4-2-3-5-7-13-31(27,28)29/h14-16H,2-13,23H2,1H3,(H,24,26)(H,27,28,29). The molecule has 2 rings (SSSR count). The molecule has 0 radical (unpaired) electrons. The highest BCUT2D eigenvalue weighted by Gasteiger charge is 2.23. The molecule has 0 aromatic heterocycles. The van der Waals surface area contributed by atoms with E-state index in [1.54, 1.807) is 12.1 Å². The largest absolute Gasteiger partial charge is 0.496 e. The SMILES string of the molecule is COc1cc(N)c(Cl)cc1C(=O)NC1CCN(CCCCCCCCS(=O)(=O)O)CC1. The molecule has 0 bridgehead atoms. The minimum absolute atomic E-state index is 0.118. The molecule has 31 heavy (non-hydrogen) atoms. The molecule has 4 N–H and O–H groups in total. The first-order chi connectivity index (χ1) is 14.7. The van der Waals surface area contributed by atoms with Crippen molar-refractivity contribution in [1.82, 2.24) is 10.2 Å². The number of nitrogens with one attached hydrogen (secondary N) is 1. The topological polar surface area (TPSA) is 122 Å². The lowest BCUT2D eigenvalue weighted by Crippen LogP contribution is -2.44. The Kier molecular flexibility index (Phi) is 10.3. The predicted molar refractivity (Wildman–Crippen MR) is 123 cm³/mol. The Hall–Kier alpha value is -1.55. The number of piperidine rings is 1. The average molecular weight is 476 g/mol. The number of nitrogen functional groups attached to an aromatic ring is 1. The van der Waals surface area contributed by atoms with Crippen molar-refractivity contribution in [3.05, 3.63) is 22.7 Å². The summed E-state index contributed by atoms with van der Waals surface area (Å²) in [6.07, 6.45) is 7.42. The van der Waals surface area contributed by atoms with Crippen LogP contribution in [0.4, 0.5) is 5.69 Å². The second kappa shape index (κ2) is 12.5. The van der Waals surface area contributed by atoms with Gasteiger partial charge >= 0.3 is 0 Å². The molecule has 1 heterocycles. The van der Waals surface area contributed by atoms with Crippen LogP contribution in [-0.2, 0) is 10.1 Å². The van der Waals surface area contributed by atoms with E-state index in [0.29, 0.717) is 28.4 Å². The molecule has 0 aliphatic carbocycles. The number of hydrogen-bond acceptors (Lipinski definition) is 6. The van der Waals surface area contributed by atoms with Crippen LogP contribution in [0.25, 0.3) is 0 Å². The Morgan fingerprint density at radius 1 is 1.19 bits per heavy atom. The van der Waals surface area contributed by atoms with Crippen LogP contribution in [0.5, 0.6) is 5.75 Å². The normalized spacial score (nSPS) is 15.7. The molecule has 8 nitrogen and oxygen atoms in total. The van der Waals surface area contributed by atoms with Crippen molar-refractivity contribution < 1.29 is 22.5 Å². The third-order valence-electron chi connectivity index (χ3n) is 5.61. The molecule has 0 unspecified atom stereocenters. The number of ether oxygens (including phenoxy) is 1. The van der Waals surface area contributed by atoms with Crippen LogP contribution in [0, 0.1) is 0 Å². The molecule has 1 fully saturated rings. The quantitative estimate of drug-likeness (QED) is 0.240. The maximum absolute atomic E-state index is 12.7. The Morgan fingerprint density at radius 3 is 2.42 bits per heavy atom. The minimum atomic E-state index is -3.82. The lowest BCUT2D eigenvalue weighted by atomic mass is 10.0. The summed E-state index contributed by atoms with van der Waals surface area (Å²) in [7, 11) is -2.32. The number of anilines is 1. The van der Waals surface area contributed by atoms with Crippen molar-refractivity contribution in [1.29, 1.82) is 0 Å². The van der Waals surface area contributed by atoms with Gasteiger partial charge < -0.3 is 20.7 Å². The highest BCUT2D eigenvalue weighted by molar-refractivity contribution is 7.85. The zero-order valence-corrected chi connectivity index (χ0v) is 19.7. The fourth-order valence-electron chi connectivity index (χ4n) is 3.81. The van der Waals surface area contributed by atoms with Gasteiger partial charge in [0, 0.05) is 25.2 Å². The number of carbonyl (C=O) groups excluding carboxylic acids is 1. The summed E-state index contributed by atoms with van der Waals surface area (Å²) in [6.45, 7) is 2.92. The molecular formula is C21H34ClN3O5S. The molecule has 1 aromatic carbocycles. The monoisotopic (exact) mass is 475 g/mol. The van der Waals surface area contributed by atoms with E-state index in [-0.39, 0.29) is 17.7 Å². The first-order valence-corrected chi connectivity index (χ1v) is 12.8. The van der Waals surface area contributed by atoms with E-state index in [1.807, 2.05) is 0 Å². The van der Waals surface area contributed by atoms with Gasteiger partial charge in [0.25, 0.3) is 16.0 Å². The second-order valence-corrected chi connectivity index (χ2v) is 10.1. The second-order valence-electron chi connectivity index (χ2n) is 8.07. The third-order valence-corrected chi connectivity index (χ3v) is 6.74. The number of nitrogens with two attached hydrogens (primary N) is 1. The van der Waals surface area contributed by atoms with Crippen molar-refractivity contribution in [3.63, 3.8) is 0 Å². The summed E-state index contributed by atoms with van der Waals surface area (Å²) in [4.78, 5) is 15.1. The Bertz CT molecular complexity index is 827. The Morgan fingerprint density at radius 2 is 1.81 bits per heavy atom. The van der Waals surface area contributed by atoms with Crippen LogP contribution in [0.15, 0.2) is 12.1 Å². The molecule has 176 valence electrons. The summed E-state index contributed by atoms with van der Waals surface area (Å²) >= 11 is 6.06. The Balaban J connectivity index is 1.62. The van der Waals surface area contributed by atoms with E-state index in [9.17, 15) is 13.2 Å². The van der Waals surface area contributed by atoms with Crippen LogP contribution < -0.4 is 15.8 Å². The van der Waals surface area contributed by atoms with Crippen molar-refractivity contribution >= 4 is 33.3 Å². The average Bonchev–Trinajstić information content (AvgIpc) is 2.72. The van der Waals surface area contributed by atoms with E-state index < -0.39 is 10.1 Å². The first kappa shape index (κ1) is 25.7. The van der Waals surface area contributed by atoms with Gasteiger partial charge in [-0.25, -0.2) is 0 Å². The van der Waals surface area contributed by atoms with Gasteiger partial charge in [0.15, 0.2) is 0 Å². The number of carbonyl (C=O) groups is 1. The van der Waals surface area contributed by atoms with Crippen molar-refractivity contribution in [2.24, 2.45) is 0 Å². The minimum Gasteiger partial charge on any atom is -0.496 e. The van der Waals surface area contributed by atoms with Gasteiger partial charge in [0.05, 0.1) is 29.1 Å².